The summed E-state index contributed by atoms with van der Waals surface area (Å²) in [5, 5.41) is 7.07. The zero-order valence-corrected chi connectivity index (χ0v) is 20.9. The molecule has 3 N–H and O–H groups in total. The van der Waals surface area contributed by atoms with E-state index < -0.39 is 42.6 Å². The van der Waals surface area contributed by atoms with Crippen LogP contribution in [0.4, 0.5) is 15.0 Å². The van der Waals surface area contributed by atoms with E-state index in [1.54, 1.807) is 22.7 Å². The number of anilines is 1. The van der Waals surface area contributed by atoms with Crippen molar-refractivity contribution < 1.29 is 37.7 Å². The summed E-state index contributed by atoms with van der Waals surface area (Å²) in [5.74, 6) is -1.11. The van der Waals surface area contributed by atoms with Gasteiger partial charge in [-0.2, -0.15) is 5.10 Å². The Morgan fingerprint density at radius 1 is 1.21 bits per heavy atom. The number of fused-ring (bicyclic) bond motifs is 1. The summed E-state index contributed by atoms with van der Waals surface area (Å²) in [6.07, 6.45) is 1.40. The molecule has 3 atom stereocenters. The van der Waals surface area contributed by atoms with Gasteiger partial charge < -0.3 is 30.0 Å². The van der Waals surface area contributed by atoms with Gasteiger partial charge in [0.05, 0.1) is 17.8 Å². The highest BCUT2D eigenvalue weighted by atomic mass is 19.1. The summed E-state index contributed by atoms with van der Waals surface area (Å²) in [6, 6.07) is 8.51. The lowest BCUT2D eigenvalue weighted by Crippen LogP contribution is -2.37. The summed E-state index contributed by atoms with van der Waals surface area (Å²) in [7, 11) is 0. The molecular formula is C25H28FN5O7. The van der Waals surface area contributed by atoms with Gasteiger partial charge >= 0.3 is 12.1 Å². The Morgan fingerprint density at radius 2 is 1.97 bits per heavy atom. The van der Waals surface area contributed by atoms with E-state index in [0.717, 1.165) is 11.3 Å². The molecule has 0 radical (unpaired) electrons. The molecule has 1 aliphatic rings. The summed E-state index contributed by atoms with van der Waals surface area (Å²) >= 11 is 0. The molecule has 38 heavy (non-hydrogen) atoms. The second-order valence-electron chi connectivity index (χ2n) is 9.02. The molecule has 1 saturated heterocycles. The third-order valence-corrected chi connectivity index (χ3v) is 6.14. The largest absolute Gasteiger partial charge is 0.511 e. The highest BCUT2D eigenvalue weighted by Gasteiger charge is 2.40. The Hall–Kier alpha value is -4.10. The summed E-state index contributed by atoms with van der Waals surface area (Å²) in [4.78, 5) is 39.3. The van der Waals surface area contributed by atoms with E-state index in [9.17, 15) is 18.8 Å². The predicted octanol–water partition coefficient (Wildman–Crippen LogP) is 2.44. The van der Waals surface area contributed by atoms with Gasteiger partial charge in [0.25, 0.3) is 0 Å². The number of rotatable bonds is 9. The molecular weight excluding hydrogens is 501 g/mol. The number of nitrogens with two attached hydrogens (primary N) is 1. The van der Waals surface area contributed by atoms with E-state index in [4.69, 9.17) is 15.2 Å². The van der Waals surface area contributed by atoms with Gasteiger partial charge in [-0.25, -0.2) is 18.7 Å². The number of carbonyl (C=O) groups excluding carboxylic acids is 3. The lowest BCUT2D eigenvalue weighted by atomic mass is 9.98. The number of hydrogen-bond donors (Lipinski definition) is 2. The van der Waals surface area contributed by atoms with E-state index in [1.165, 1.54) is 25.4 Å². The Labute approximate surface area is 217 Å². The fourth-order valence-electron chi connectivity index (χ4n) is 4.20. The van der Waals surface area contributed by atoms with E-state index >= 15 is 0 Å². The molecule has 1 fully saturated rings. The fourth-order valence-corrected chi connectivity index (χ4v) is 4.20. The van der Waals surface area contributed by atoms with Gasteiger partial charge in [0.1, 0.15) is 29.9 Å². The quantitative estimate of drug-likeness (QED) is 0.312. The van der Waals surface area contributed by atoms with Crippen molar-refractivity contribution >= 4 is 29.4 Å². The van der Waals surface area contributed by atoms with Gasteiger partial charge in [-0.3, -0.25) is 9.59 Å². The highest BCUT2D eigenvalue weighted by Crippen LogP contribution is 2.40. The Morgan fingerprint density at radius 3 is 2.71 bits per heavy atom. The van der Waals surface area contributed by atoms with E-state index in [0.29, 0.717) is 18.4 Å². The first-order valence-electron chi connectivity index (χ1n) is 11.9. The molecule has 4 rings (SSSR count). The number of nitrogens with zero attached hydrogens (tertiary/aromatic N) is 3. The normalized spacial score (nSPS) is 19.6. The highest BCUT2D eigenvalue weighted by molar-refractivity contribution is 5.97. The summed E-state index contributed by atoms with van der Waals surface area (Å²) in [5.41, 5.74) is 7.31. The van der Waals surface area contributed by atoms with Crippen molar-refractivity contribution in [3.05, 3.63) is 59.8 Å². The van der Waals surface area contributed by atoms with Crippen molar-refractivity contribution in [1.82, 2.24) is 14.6 Å². The number of aromatic nitrogens is 3. The second kappa shape index (κ2) is 11.5. The second-order valence-corrected chi connectivity index (χ2v) is 9.02. The number of esters is 1. The lowest BCUT2D eigenvalue weighted by Gasteiger charge is -2.24. The number of ether oxygens (including phenoxy) is 4. The molecule has 2 aromatic heterocycles. The van der Waals surface area contributed by atoms with Crippen molar-refractivity contribution in [2.24, 2.45) is 5.73 Å². The molecule has 202 valence electrons. The molecule has 13 heteroatoms. The molecule has 0 saturated carbocycles. The number of benzene rings is 1. The van der Waals surface area contributed by atoms with E-state index in [1.807, 2.05) is 13.0 Å². The molecule has 3 heterocycles. The first-order chi connectivity index (χ1) is 18.1. The maximum absolute atomic E-state index is 13.1. The SMILES string of the molecule is CC(=O)OCOC(=O)OC[C@@H]1CC[C@](C)(c2ccc3c(NC(=O)[C@@H](N)Cc4ccc(F)cc4)ncnn23)O1. The molecule has 1 aromatic carbocycles. The molecule has 12 nitrogen and oxygen atoms in total. The van der Waals surface area contributed by atoms with Crippen LogP contribution in [0.15, 0.2) is 42.7 Å². The van der Waals surface area contributed by atoms with Crippen molar-refractivity contribution in [3.63, 3.8) is 0 Å². The van der Waals surface area contributed by atoms with E-state index in [2.05, 4.69) is 24.9 Å². The van der Waals surface area contributed by atoms with Gasteiger partial charge in [0.15, 0.2) is 5.82 Å². The number of hydrogen-bond acceptors (Lipinski definition) is 10. The van der Waals surface area contributed by atoms with Gasteiger partial charge in [-0.1, -0.05) is 12.1 Å². The third kappa shape index (κ3) is 6.42. The zero-order valence-electron chi connectivity index (χ0n) is 20.9. The molecule has 3 aromatic rings. The van der Waals surface area contributed by atoms with Crippen LogP contribution in [0.1, 0.15) is 37.9 Å². The minimum absolute atomic E-state index is 0.0416. The Bertz CT molecular complexity index is 1320. The zero-order chi connectivity index (χ0) is 27.3. The van der Waals surface area contributed by atoms with E-state index in [-0.39, 0.29) is 24.7 Å². The predicted molar refractivity (Wildman–Crippen MR) is 130 cm³/mol. The summed E-state index contributed by atoms with van der Waals surface area (Å²) in [6.45, 7) is 2.52. The summed E-state index contributed by atoms with van der Waals surface area (Å²) < 4.78 is 35.2. The maximum Gasteiger partial charge on any atom is 0.511 e. The van der Waals surface area contributed by atoms with Gasteiger partial charge in [0.2, 0.25) is 12.7 Å². The smallest absolute Gasteiger partial charge is 0.431 e. The van der Waals surface area contributed by atoms with Crippen LogP contribution < -0.4 is 11.1 Å². The average Bonchev–Trinajstić information content (AvgIpc) is 3.49. The van der Waals surface area contributed by atoms with Gasteiger partial charge in [0, 0.05) is 6.92 Å². The van der Waals surface area contributed by atoms with Crippen molar-refractivity contribution in [3.8, 4) is 0 Å². The van der Waals surface area contributed by atoms with Gasteiger partial charge in [-0.05, 0) is 56.0 Å². The van der Waals surface area contributed by atoms with Crippen molar-refractivity contribution in [2.45, 2.75) is 50.9 Å². The fraction of sp³-hybridized carbons (Fsp3) is 0.400. The average molecular weight is 530 g/mol. The van der Waals surface area contributed by atoms with Crippen LogP contribution in [0, 0.1) is 5.82 Å². The third-order valence-electron chi connectivity index (χ3n) is 6.14. The number of halogens is 1. The van der Waals surface area contributed by atoms with Crippen LogP contribution in [0.5, 0.6) is 0 Å². The molecule has 0 aliphatic carbocycles. The van der Waals surface area contributed by atoms with Crippen LogP contribution >= 0.6 is 0 Å². The Kier molecular flexibility index (Phi) is 8.17. The van der Waals surface area contributed by atoms with Crippen LogP contribution in [-0.2, 0) is 40.6 Å². The van der Waals surface area contributed by atoms with Crippen LogP contribution in [0.25, 0.3) is 5.52 Å². The molecule has 0 unspecified atom stereocenters. The topological polar surface area (TPSA) is 156 Å². The van der Waals surface area contributed by atoms with Crippen LogP contribution in [0.3, 0.4) is 0 Å². The van der Waals surface area contributed by atoms with Crippen LogP contribution in [0.2, 0.25) is 0 Å². The number of nitrogens with one attached hydrogen (secondary N) is 1. The lowest BCUT2D eigenvalue weighted by molar-refractivity contribution is -0.151. The molecule has 1 amide bonds. The monoisotopic (exact) mass is 529 g/mol. The van der Waals surface area contributed by atoms with Crippen molar-refractivity contribution in [1.29, 1.82) is 0 Å². The first kappa shape index (κ1) is 26.9. The van der Waals surface area contributed by atoms with Crippen molar-refractivity contribution in [2.75, 3.05) is 18.7 Å². The minimum Gasteiger partial charge on any atom is -0.431 e. The number of amides is 1. The standard InChI is InChI=1S/C25H28FN5O7/c1-15(32)36-14-37-24(34)35-12-18-9-10-25(2,38-18)21-8-7-20-22(28-13-29-31(20)21)30-23(33)19(27)11-16-3-5-17(26)6-4-16/h3-8,13,18-19H,9-12,14,27H2,1-2H3,(H,28,29,30,33)/t18-,19-,25+/m0/s1. The molecule has 0 spiro atoms. The molecule has 1 aliphatic heterocycles. The minimum atomic E-state index is -0.970. The maximum atomic E-state index is 13.1. The Balaban J connectivity index is 1.38. The molecule has 0 bridgehead atoms. The van der Waals surface area contributed by atoms with Crippen LogP contribution in [-0.4, -0.2) is 58.2 Å². The number of carbonyl (C=O) groups is 3. The first-order valence-corrected chi connectivity index (χ1v) is 11.9. The van der Waals surface area contributed by atoms with Gasteiger partial charge in [-0.15, -0.1) is 0 Å².